The highest BCUT2D eigenvalue weighted by molar-refractivity contribution is 7.16. The second-order valence-electron chi connectivity index (χ2n) is 3.65. The smallest absolute Gasteiger partial charge is 0.250 e. The van der Waals surface area contributed by atoms with Crippen LogP contribution in [0.5, 0.6) is 0 Å². The molecule has 0 amide bonds. The summed E-state index contributed by atoms with van der Waals surface area (Å²) < 4.78 is 0.887. The minimum absolute atomic E-state index is 0.444. The third-order valence-electron chi connectivity index (χ3n) is 2.17. The summed E-state index contributed by atoms with van der Waals surface area (Å²) in [6, 6.07) is 0. The van der Waals surface area contributed by atoms with Crippen LogP contribution in [0, 0.1) is 10.1 Å². The highest BCUT2D eigenvalue weighted by Crippen LogP contribution is 2.23. The predicted octanol–water partition coefficient (Wildman–Crippen LogP) is 3.66. The fraction of sp³-hybridized carbons (Fsp3) is 0.200. The van der Waals surface area contributed by atoms with E-state index in [-0.39, 0.29) is 0 Å². The van der Waals surface area contributed by atoms with Crippen LogP contribution >= 0.6 is 45.9 Å². The Morgan fingerprint density at radius 3 is 2.05 bits per heavy atom. The second-order valence-corrected chi connectivity index (χ2v) is 7.04. The molecular weight excluding hydrogens is 343 g/mol. The Morgan fingerprint density at radius 2 is 1.70 bits per heavy atom. The van der Waals surface area contributed by atoms with E-state index >= 15 is 0 Å². The SMILES string of the molecule is O=[N+]([O-])C=CN(Cc1cnc(Cl)s1)Cc1cnc(Cl)s1. The van der Waals surface area contributed by atoms with Crippen LogP contribution < -0.4 is 0 Å². The first-order valence-electron chi connectivity index (χ1n) is 5.29. The zero-order valence-corrected chi connectivity index (χ0v) is 13.0. The highest BCUT2D eigenvalue weighted by atomic mass is 35.5. The summed E-state index contributed by atoms with van der Waals surface area (Å²) in [7, 11) is 0. The maximum Gasteiger partial charge on any atom is 0.250 e. The third kappa shape index (κ3) is 4.71. The molecule has 6 nitrogen and oxygen atoms in total. The van der Waals surface area contributed by atoms with Gasteiger partial charge < -0.3 is 4.90 Å². The van der Waals surface area contributed by atoms with Gasteiger partial charge in [-0.05, 0) is 0 Å². The van der Waals surface area contributed by atoms with Gasteiger partial charge in [-0.15, -0.1) is 22.7 Å². The quantitative estimate of drug-likeness (QED) is 0.587. The number of hydrogen-bond acceptors (Lipinski definition) is 7. The lowest BCUT2D eigenvalue weighted by Gasteiger charge is -2.16. The average Bonchev–Trinajstić information content (AvgIpc) is 2.95. The van der Waals surface area contributed by atoms with Crippen LogP contribution in [0.2, 0.25) is 8.93 Å². The van der Waals surface area contributed by atoms with Gasteiger partial charge in [-0.3, -0.25) is 10.1 Å². The van der Waals surface area contributed by atoms with E-state index < -0.39 is 4.92 Å². The van der Waals surface area contributed by atoms with Crippen LogP contribution in [-0.2, 0) is 13.1 Å². The van der Waals surface area contributed by atoms with Crippen molar-refractivity contribution in [2.75, 3.05) is 0 Å². The summed E-state index contributed by atoms with van der Waals surface area (Å²) in [5.41, 5.74) is 0. The number of aromatic nitrogens is 2. The van der Waals surface area contributed by atoms with Crippen molar-refractivity contribution in [3.63, 3.8) is 0 Å². The van der Waals surface area contributed by atoms with Crippen LogP contribution in [0.25, 0.3) is 0 Å². The molecule has 0 atom stereocenters. The lowest BCUT2D eigenvalue weighted by Crippen LogP contribution is -2.15. The van der Waals surface area contributed by atoms with Gasteiger partial charge in [0.2, 0.25) is 6.20 Å². The molecule has 0 aliphatic heterocycles. The van der Waals surface area contributed by atoms with Gasteiger partial charge in [0.15, 0.2) is 8.93 Å². The molecule has 2 aromatic rings. The minimum atomic E-state index is -0.508. The molecule has 106 valence electrons. The van der Waals surface area contributed by atoms with Crippen molar-refractivity contribution in [3.05, 3.63) is 53.6 Å². The Balaban J connectivity index is 2.09. The van der Waals surface area contributed by atoms with E-state index in [4.69, 9.17) is 23.2 Å². The molecule has 0 N–H and O–H groups in total. The predicted molar refractivity (Wildman–Crippen MR) is 79.6 cm³/mol. The molecule has 0 aromatic carbocycles. The van der Waals surface area contributed by atoms with Crippen molar-refractivity contribution in [2.45, 2.75) is 13.1 Å². The van der Waals surface area contributed by atoms with Crippen molar-refractivity contribution in [1.82, 2.24) is 14.9 Å². The average molecular weight is 351 g/mol. The molecule has 0 fully saturated rings. The summed E-state index contributed by atoms with van der Waals surface area (Å²) in [4.78, 5) is 21.4. The van der Waals surface area contributed by atoms with E-state index in [0.717, 1.165) is 16.0 Å². The van der Waals surface area contributed by atoms with Gasteiger partial charge in [0.1, 0.15) is 0 Å². The van der Waals surface area contributed by atoms with Crippen molar-refractivity contribution in [2.24, 2.45) is 0 Å². The van der Waals surface area contributed by atoms with E-state index in [0.29, 0.717) is 22.0 Å². The summed E-state index contributed by atoms with van der Waals surface area (Å²) in [6.45, 7) is 0.953. The molecule has 20 heavy (non-hydrogen) atoms. The van der Waals surface area contributed by atoms with E-state index in [1.165, 1.54) is 28.9 Å². The molecule has 0 saturated carbocycles. The number of hydrogen-bond donors (Lipinski definition) is 0. The maximum atomic E-state index is 10.4. The zero-order valence-electron chi connectivity index (χ0n) is 9.90. The normalized spacial score (nSPS) is 11.1. The van der Waals surface area contributed by atoms with E-state index in [1.54, 1.807) is 17.3 Å². The minimum Gasteiger partial charge on any atom is -0.362 e. The number of halogens is 2. The number of nitrogens with zero attached hydrogens (tertiary/aromatic N) is 4. The summed E-state index contributed by atoms with van der Waals surface area (Å²) in [5.74, 6) is 0. The van der Waals surface area contributed by atoms with E-state index in [2.05, 4.69) is 9.97 Å². The largest absolute Gasteiger partial charge is 0.362 e. The van der Waals surface area contributed by atoms with Gasteiger partial charge in [0, 0.05) is 22.1 Å². The van der Waals surface area contributed by atoms with E-state index in [1.807, 2.05) is 0 Å². The van der Waals surface area contributed by atoms with Gasteiger partial charge in [-0.25, -0.2) is 9.97 Å². The molecule has 2 rings (SSSR count). The summed E-state index contributed by atoms with van der Waals surface area (Å²) in [6.07, 6.45) is 5.62. The number of thiazole rings is 2. The standard InChI is InChI=1S/C10H8Cl2N4O2S2/c11-9-13-3-7(19-9)5-15(1-2-16(17)18)6-8-4-14-10(12)20-8/h1-4H,5-6H2. The number of nitro groups is 1. The fourth-order valence-corrected chi connectivity index (χ4v) is 3.43. The Morgan fingerprint density at radius 1 is 1.20 bits per heavy atom. The summed E-state index contributed by atoms with van der Waals surface area (Å²) in [5, 5.41) is 10.4. The van der Waals surface area contributed by atoms with Crippen LogP contribution in [0.3, 0.4) is 0 Å². The highest BCUT2D eigenvalue weighted by Gasteiger charge is 2.09. The monoisotopic (exact) mass is 350 g/mol. The molecular formula is C10H8Cl2N4O2S2. The first kappa shape index (κ1) is 15.2. The first-order chi connectivity index (χ1) is 9.52. The lowest BCUT2D eigenvalue weighted by atomic mass is 10.4. The molecule has 0 aliphatic carbocycles. The van der Waals surface area contributed by atoms with Crippen LogP contribution in [-0.4, -0.2) is 19.8 Å². The van der Waals surface area contributed by atoms with Gasteiger partial charge in [-0.2, -0.15) is 0 Å². The third-order valence-corrected chi connectivity index (χ3v) is 4.37. The van der Waals surface area contributed by atoms with Gasteiger partial charge >= 0.3 is 0 Å². The zero-order chi connectivity index (χ0) is 14.5. The van der Waals surface area contributed by atoms with Crippen molar-refractivity contribution in [3.8, 4) is 0 Å². The molecule has 0 radical (unpaired) electrons. The molecule has 10 heteroatoms. The first-order valence-corrected chi connectivity index (χ1v) is 7.68. The molecule has 0 bridgehead atoms. The summed E-state index contributed by atoms with van der Waals surface area (Å²) >= 11 is 14.2. The van der Waals surface area contributed by atoms with E-state index in [9.17, 15) is 10.1 Å². The van der Waals surface area contributed by atoms with Crippen LogP contribution in [0.4, 0.5) is 0 Å². The molecule has 0 unspecified atom stereocenters. The van der Waals surface area contributed by atoms with Gasteiger partial charge in [-0.1, -0.05) is 23.2 Å². The topological polar surface area (TPSA) is 72.2 Å². The van der Waals surface area contributed by atoms with Crippen LogP contribution in [0.1, 0.15) is 9.75 Å². The molecule has 2 aromatic heterocycles. The molecule has 0 spiro atoms. The lowest BCUT2D eigenvalue weighted by molar-refractivity contribution is -0.403. The van der Waals surface area contributed by atoms with Gasteiger partial charge in [0.05, 0.1) is 24.2 Å². The Kier molecular flexibility index (Phi) is 5.30. The van der Waals surface area contributed by atoms with Crippen molar-refractivity contribution in [1.29, 1.82) is 0 Å². The van der Waals surface area contributed by atoms with Crippen molar-refractivity contribution >= 4 is 45.9 Å². The number of rotatable bonds is 6. The van der Waals surface area contributed by atoms with Crippen molar-refractivity contribution < 1.29 is 4.92 Å². The Labute approximate surface area is 132 Å². The molecule has 0 aliphatic rings. The Bertz CT molecular complexity index is 586. The Hall–Kier alpha value is -1.22. The fourth-order valence-electron chi connectivity index (χ4n) is 1.42. The van der Waals surface area contributed by atoms with Crippen LogP contribution in [0.15, 0.2) is 24.8 Å². The van der Waals surface area contributed by atoms with Gasteiger partial charge in [0.25, 0.3) is 0 Å². The maximum absolute atomic E-state index is 10.4. The second kappa shape index (κ2) is 6.98. The molecule has 0 saturated heterocycles. The molecule has 2 heterocycles.